The highest BCUT2D eigenvalue weighted by atomic mass is 32.2. The molecule has 1 aromatic heterocycles. The molecular formula is C21H25N5O3S. The molecule has 8 nitrogen and oxygen atoms in total. The van der Waals surface area contributed by atoms with E-state index in [9.17, 15) is 13.2 Å². The summed E-state index contributed by atoms with van der Waals surface area (Å²) in [5.74, 6) is 0.498. The molecule has 0 aliphatic heterocycles. The Bertz CT molecular complexity index is 1090. The molecule has 1 heterocycles. The van der Waals surface area contributed by atoms with E-state index >= 15 is 0 Å². The van der Waals surface area contributed by atoms with Gasteiger partial charge in [-0.15, -0.1) is 0 Å². The summed E-state index contributed by atoms with van der Waals surface area (Å²) in [4.78, 5) is 16.7. The number of aromatic nitrogens is 2. The summed E-state index contributed by atoms with van der Waals surface area (Å²) in [6, 6.07) is 16.3. The van der Waals surface area contributed by atoms with Gasteiger partial charge in [0, 0.05) is 38.7 Å². The van der Waals surface area contributed by atoms with Gasteiger partial charge in [0.05, 0.1) is 5.69 Å². The van der Waals surface area contributed by atoms with Crippen molar-refractivity contribution in [1.29, 1.82) is 0 Å². The number of nitrogens with zero attached hydrogens (tertiary/aromatic N) is 4. The van der Waals surface area contributed by atoms with Crippen molar-refractivity contribution in [3.63, 3.8) is 0 Å². The molecule has 3 rings (SSSR count). The van der Waals surface area contributed by atoms with Gasteiger partial charge in [0.2, 0.25) is 5.91 Å². The molecule has 0 radical (unpaired) electrons. The van der Waals surface area contributed by atoms with Crippen LogP contribution in [0.1, 0.15) is 11.4 Å². The number of carbonyl (C=O) groups excluding carboxylic acids is 1. The lowest BCUT2D eigenvalue weighted by Gasteiger charge is -2.26. The van der Waals surface area contributed by atoms with Crippen LogP contribution in [0.5, 0.6) is 0 Å². The first-order valence-corrected chi connectivity index (χ1v) is 10.8. The van der Waals surface area contributed by atoms with Gasteiger partial charge in [-0.05, 0) is 36.8 Å². The van der Waals surface area contributed by atoms with Crippen molar-refractivity contribution in [2.24, 2.45) is 0 Å². The molecule has 1 amide bonds. The zero-order chi connectivity index (χ0) is 21.7. The number of imidazole rings is 1. The largest absolute Gasteiger partial charge is 0.350 e. The van der Waals surface area contributed by atoms with E-state index in [1.54, 1.807) is 36.5 Å². The molecule has 1 N–H and O–H groups in total. The van der Waals surface area contributed by atoms with E-state index in [2.05, 4.69) is 10.3 Å². The molecule has 2 aromatic carbocycles. The number of hydrogen-bond donors (Lipinski definition) is 1. The topological polar surface area (TPSA) is 87.5 Å². The van der Waals surface area contributed by atoms with Crippen LogP contribution in [0.15, 0.2) is 67.0 Å². The molecule has 0 atom stereocenters. The molecule has 0 bridgehead atoms. The van der Waals surface area contributed by atoms with Crippen molar-refractivity contribution in [2.45, 2.75) is 13.5 Å². The lowest BCUT2D eigenvalue weighted by molar-refractivity contribution is -0.119. The summed E-state index contributed by atoms with van der Waals surface area (Å²) in [7, 11) is -0.933. The Balaban J connectivity index is 1.67. The molecule has 0 saturated carbocycles. The van der Waals surface area contributed by atoms with Crippen LogP contribution in [0.3, 0.4) is 0 Å². The van der Waals surface area contributed by atoms with Gasteiger partial charge >= 0.3 is 10.2 Å². The van der Waals surface area contributed by atoms with Crippen molar-refractivity contribution in [2.75, 3.05) is 24.9 Å². The van der Waals surface area contributed by atoms with Crippen molar-refractivity contribution < 1.29 is 13.2 Å². The van der Waals surface area contributed by atoms with E-state index in [-0.39, 0.29) is 12.5 Å². The minimum atomic E-state index is -3.81. The van der Waals surface area contributed by atoms with Gasteiger partial charge in [0.15, 0.2) is 0 Å². The average molecular weight is 428 g/mol. The Kier molecular flexibility index (Phi) is 6.53. The van der Waals surface area contributed by atoms with E-state index in [0.29, 0.717) is 12.2 Å². The molecular weight excluding hydrogens is 402 g/mol. The molecule has 9 heteroatoms. The number of rotatable bonds is 8. The van der Waals surface area contributed by atoms with Gasteiger partial charge in [-0.2, -0.15) is 12.7 Å². The normalized spacial score (nSPS) is 11.5. The lowest BCUT2D eigenvalue weighted by Crippen LogP contribution is -2.45. The molecule has 158 valence electrons. The van der Waals surface area contributed by atoms with Crippen LogP contribution in [-0.4, -0.2) is 48.8 Å². The summed E-state index contributed by atoms with van der Waals surface area (Å²) in [5, 5.41) is 2.79. The number of benzene rings is 2. The maximum absolute atomic E-state index is 12.7. The van der Waals surface area contributed by atoms with E-state index in [4.69, 9.17) is 0 Å². The van der Waals surface area contributed by atoms with Gasteiger partial charge in [-0.1, -0.05) is 30.3 Å². The molecule has 3 aromatic rings. The monoisotopic (exact) mass is 427 g/mol. The molecule has 0 fully saturated rings. The molecule has 0 saturated heterocycles. The van der Waals surface area contributed by atoms with Gasteiger partial charge in [0.25, 0.3) is 0 Å². The molecule has 0 aliphatic carbocycles. The maximum Gasteiger partial charge on any atom is 0.304 e. The van der Waals surface area contributed by atoms with Crippen LogP contribution < -0.4 is 9.62 Å². The number of anilines is 1. The first-order valence-electron chi connectivity index (χ1n) is 9.40. The first kappa shape index (κ1) is 21.5. The predicted octanol–water partition coefficient (Wildman–Crippen LogP) is 2.11. The highest BCUT2D eigenvalue weighted by molar-refractivity contribution is 7.90. The second-order valence-corrected chi connectivity index (χ2v) is 8.99. The lowest BCUT2D eigenvalue weighted by atomic mass is 10.2. The van der Waals surface area contributed by atoms with Gasteiger partial charge in [-0.25, -0.2) is 9.29 Å². The van der Waals surface area contributed by atoms with Crippen molar-refractivity contribution >= 4 is 21.8 Å². The van der Waals surface area contributed by atoms with E-state index in [0.717, 1.165) is 25.7 Å². The van der Waals surface area contributed by atoms with Gasteiger partial charge in [-0.3, -0.25) is 4.79 Å². The number of carbonyl (C=O) groups is 1. The third-order valence-electron chi connectivity index (χ3n) is 4.60. The SMILES string of the molecule is Cc1nccn1-c1ccc(CNC(=O)CN(c2ccccc2)S(=O)(=O)N(C)C)cc1. The zero-order valence-corrected chi connectivity index (χ0v) is 18.0. The highest BCUT2D eigenvalue weighted by Gasteiger charge is 2.27. The number of amides is 1. The third kappa shape index (κ3) is 4.87. The third-order valence-corrected chi connectivity index (χ3v) is 6.42. The first-order chi connectivity index (χ1) is 14.3. The Hall–Kier alpha value is -3.17. The highest BCUT2D eigenvalue weighted by Crippen LogP contribution is 2.18. The fourth-order valence-electron chi connectivity index (χ4n) is 2.91. The summed E-state index contributed by atoms with van der Waals surface area (Å²) in [6.07, 6.45) is 3.62. The Labute approximate surface area is 177 Å². The summed E-state index contributed by atoms with van der Waals surface area (Å²) in [6.45, 7) is 1.91. The van der Waals surface area contributed by atoms with E-state index in [1.165, 1.54) is 14.1 Å². The number of para-hydroxylation sites is 1. The Morgan fingerprint density at radius 1 is 1.07 bits per heavy atom. The number of aryl methyl sites for hydroxylation is 1. The average Bonchev–Trinajstić information content (AvgIpc) is 3.17. The van der Waals surface area contributed by atoms with E-state index in [1.807, 2.05) is 42.0 Å². The standard InChI is InChI=1S/C21H25N5O3S/c1-17-22-13-14-25(17)19-11-9-18(10-12-19)15-23-21(27)16-26(30(28,29)24(2)3)20-7-5-4-6-8-20/h4-14H,15-16H2,1-3H3,(H,23,27). The Morgan fingerprint density at radius 2 is 1.73 bits per heavy atom. The van der Waals surface area contributed by atoms with Crippen LogP contribution in [0.2, 0.25) is 0 Å². The van der Waals surface area contributed by atoms with Gasteiger partial charge in [0.1, 0.15) is 12.4 Å². The maximum atomic E-state index is 12.7. The van der Waals surface area contributed by atoms with Crippen LogP contribution in [0.4, 0.5) is 5.69 Å². The summed E-state index contributed by atoms with van der Waals surface area (Å²) >= 11 is 0. The molecule has 30 heavy (non-hydrogen) atoms. The van der Waals surface area contributed by atoms with Crippen molar-refractivity contribution in [3.05, 3.63) is 78.4 Å². The zero-order valence-electron chi connectivity index (χ0n) is 17.2. The van der Waals surface area contributed by atoms with Crippen LogP contribution in [0, 0.1) is 6.92 Å². The van der Waals surface area contributed by atoms with Crippen molar-refractivity contribution in [3.8, 4) is 5.69 Å². The Morgan fingerprint density at radius 3 is 2.30 bits per heavy atom. The van der Waals surface area contributed by atoms with E-state index < -0.39 is 10.2 Å². The number of nitrogens with one attached hydrogen (secondary N) is 1. The van der Waals surface area contributed by atoms with Crippen molar-refractivity contribution in [1.82, 2.24) is 19.2 Å². The minimum absolute atomic E-state index is 0.298. The fraction of sp³-hybridized carbons (Fsp3) is 0.238. The summed E-state index contributed by atoms with van der Waals surface area (Å²) < 4.78 is 29.5. The quantitative estimate of drug-likeness (QED) is 0.596. The fourth-order valence-corrected chi connectivity index (χ4v) is 3.97. The minimum Gasteiger partial charge on any atom is -0.350 e. The molecule has 0 aliphatic rings. The second kappa shape index (κ2) is 9.10. The predicted molar refractivity (Wildman–Crippen MR) is 117 cm³/mol. The van der Waals surface area contributed by atoms with Crippen LogP contribution in [0.25, 0.3) is 5.69 Å². The molecule has 0 spiro atoms. The summed E-state index contributed by atoms with van der Waals surface area (Å²) in [5.41, 5.74) is 2.32. The second-order valence-electron chi connectivity index (χ2n) is 6.92. The van der Waals surface area contributed by atoms with Gasteiger partial charge < -0.3 is 9.88 Å². The number of hydrogen-bond acceptors (Lipinski definition) is 4. The van der Waals surface area contributed by atoms with Crippen LogP contribution >= 0.6 is 0 Å². The van der Waals surface area contributed by atoms with Crippen LogP contribution in [-0.2, 0) is 21.5 Å². The molecule has 0 unspecified atom stereocenters. The smallest absolute Gasteiger partial charge is 0.304 e.